The molecule has 6 heteroatoms. The first kappa shape index (κ1) is 8.71. The predicted octanol–water partition coefficient (Wildman–Crippen LogP) is 2.38. The molecular weight excluding hydrogens is 254 g/mol. The van der Waals surface area contributed by atoms with Gasteiger partial charge in [-0.25, -0.2) is 15.0 Å². The van der Waals surface area contributed by atoms with Crippen molar-refractivity contribution in [1.29, 1.82) is 0 Å². The molecule has 0 aliphatic rings. The summed E-state index contributed by atoms with van der Waals surface area (Å²) >= 11 is 4.53. The van der Waals surface area contributed by atoms with Crippen LogP contribution in [0.3, 0.4) is 0 Å². The number of aromatic nitrogens is 3. The molecule has 0 N–H and O–H groups in total. The minimum Gasteiger partial charge on any atom is -0.440 e. The third-order valence-corrected chi connectivity index (χ3v) is 2.40. The zero-order valence-corrected chi connectivity index (χ0v) is 8.75. The largest absolute Gasteiger partial charge is 0.440 e. The van der Waals surface area contributed by atoms with Gasteiger partial charge in [0.2, 0.25) is 0 Å². The third kappa shape index (κ3) is 2.28. The number of hydrogen-bond donors (Lipinski definition) is 0. The maximum atomic E-state index is 5.04. The molecule has 0 radical (unpaired) electrons. The van der Waals surface area contributed by atoms with E-state index in [1.165, 1.54) is 18.0 Å². The van der Waals surface area contributed by atoms with Gasteiger partial charge in [0.25, 0.3) is 5.22 Å². The van der Waals surface area contributed by atoms with E-state index in [2.05, 4.69) is 30.9 Å². The first-order chi connectivity index (χ1) is 6.34. The highest BCUT2D eigenvalue weighted by Crippen LogP contribution is 2.23. The number of nitrogens with zero attached hydrogens (tertiary/aromatic N) is 3. The van der Waals surface area contributed by atoms with E-state index < -0.39 is 0 Å². The van der Waals surface area contributed by atoms with Crippen LogP contribution in [0.15, 0.2) is 44.1 Å². The minimum atomic E-state index is 0.566. The van der Waals surface area contributed by atoms with E-state index in [0.717, 1.165) is 5.03 Å². The van der Waals surface area contributed by atoms with E-state index >= 15 is 0 Å². The quantitative estimate of drug-likeness (QED) is 0.827. The third-order valence-electron chi connectivity index (χ3n) is 1.20. The summed E-state index contributed by atoms with van der Waals surface area (Å²) in [5.41, 5.74) is 0. The van der Waals surface area contributed by atoms with Crippen molar-refractivity contribution < 1.29 is 4.42 Å². The average Bonchev–Trinajstić information content (AvgIpc) is 2.62. The lowest BCUT2D eigenvalue weighted by atomic mass is 10.8. The van der Waals surface area contributed by atoms with E-state index in [1.54, 1.807) is 18.6 Å². The maximum Gasteiger partial charge on any atom is 0.262 e. The highest BCUT2D eigenvalue weighted by atomic mass is 79.9. The number of oxazole rings is 1. The molecule has 0 spiro atoms. The monoisotopic (exact) mass is 257 g/mol. The lowest BCUT2D eigenvalue weighted by Gasteiger charge is -1.94. The summed E-state index contributed by atoms with van der Waals surface area (Å²) < 4.78 is 5.75. The van der Waals surface area contributed by atoms with Gasteiger partial charge in [-0.05, 0) is 27.7 Å². The molecule has 0 atom stereocenters. The lowest BCUT2D eigenvalue weighted by Crippen LogP contribution is -1.82. The Labute approximate surface area is 86.9 Å². The molecule has 2 aromatic heterocycles. The summed E-state index contributed by atoms with van der Waals surface area (Å²) in [6.45, 7) is 0. The first-order valence-electron chi connectivity index (χ1n) is 3.39. The first-order valence-corrected chi connectivity index (χ1v) is 5.00. The summed E-state index contributed by atoms with van der Waals surface area (Å²) in [5, 5.41) is 1.32. The molecule has 66 valence electrons. The minimum absolute atomic E-state index is 0.566. The highest BCUT2D eigenvalue weighted by molar-refractivity contribution is 9.10. The Kier molecular flexibility index (Phi) is 2.60. The van der Waals surface area contributed by atoms with Crippen molar-refractivity contribution in [1.82, 2.24) is 15.0 Å². The van der Waals surface area contributed by atoms with E-state index in [0.29, 0.717) is 9.83 Å². The molecule has 2 heterocycles. The summed E-state index contributed by atoms with van der Waals surface area (Å²) in [4.78, 5) is 12.1. The van der Waals surface area contributed by atoms with Gasteiger partial charge in [-0.1, -0.05) is 0 Å². The Bertz CT molecular complexity index is 375. The highest BCUT2D eigenvalue weighted by Gasteiger charge is 2.02. The van der Waals surface area contributed by atoms with Crippen LogP contribution in [0.4, 0.5) is 0 Å². The molecule has 0 aliphatic carbocycles. The molecule has 0 fully saturated rings. The van der Waals surface area contributed by atoms with Gasteiger partial charge in [-0.3, -0.25) is 0 Å². The van der Waals surface area contributed by atoms with Gasteiger partial charge in [0.05, 0.1) is 18.6 Å². The van der Waals surface area contributed by atoms with Crippen molar-refractivity contribution in [2.75, 3.05) is 0 Å². The zero-order valence-electron chi connectivity index (χ0n) is 6.35. The van der Waals surface area contributed by atoms with Crippen LogP contribution in [0.2, 0.25) is 0 Å². The lowest BCUT2D eigenvalue weighted by molar-refractivity contribution is 0.454. The summed E-state index contributed by atoms with van der Waals surface area (Å²) in [6.07, 6.45) is 6.40. The van der Waals surface area contributed by atoms with Gasteiger partial charge in [-0.2, -0.15) is 0 Å². The SMILES string of the molecule is Brc1cnc(Sc2ncco2)cn1. The van der Waals surface area contributed by atoms with Crippen molar-refractivity contribution in [2.45, 2.75) is 10.2 Å². The predicted molar refractivity (Wildman–Crippen MR) is 50.4 cm³/mol. The fraction of sp³-hybridized carbons (Fsp3) is 0. The zero-order chi connectivity index (χ0) is 9.10. The summed E-state index contributed by atoms with van der Waals surface area (Å²) in [6, 6.07) is 0. The smallest absolute Gasteiger partial charge is 0.262 e. The van der Waals surface area contributed by atoms with Crippen LogP contribution in [0, 0.1) is 0 Å². The van der Waals surface area contributed by atoms with Crippen LogP contribution in [-0.2, 0) is 0 Å². The molecule has 0 saturated heterocycles. The Morgan fingerprint density at radius 2 is 2.15 bits per heavy atom. The van der Waals surface area contributed by atoms with Crippen LogP contribution in [0.25, 0.3) is 0 Å². The molecule has 13 heavy (non-hydrogen) atoms. The molecule has 2 rings (SSSR count). The molecular formula is C7H4BrN3OS. The van der Waals surface area contributed by atoms with Crippen LogP contribution < -0.4 is 0 Å². The van der Waals surface area contributed by atoms with Gasteiger partial charge >= 0.3 is 0 Å². The van der Waals surface area contributed by atoms with Gasteiger partial charge in [0, 0.05) is 0 Å². The second-order valence-electron chi connectivity index (χ2n) is 2.08. The van der Waals surface area contributed by atoms with Gasteiger partial charge < -0.3 is 4.42 Å². The van der Waals surface area contributed by atoms with Crippen LogP contribution in [0.1, 0.15) is 0 Å². The van der Waals surface area contributed by atoms with Crippen LogP contribution in [-0.4, -0.2) is 15.0 Å². The Hall–Kier alpha value is -0.880. The molecule has 4 nitrogen and oxygen atoms in total. The molecule has 0 aliphatic heterocycles. The molecule has 0 saturated carbocycles. The van der Waals surface area contributed by atoms with Crippen LogP contribution in [0.5, 0.6) is 0 Å². The number of rotatable bonds is 2. The Morgan fingerprint density at radius 1 is 1.23 bits per heavy atom. The van der Waals surface area contributed by atoms with E-state index in [9.17, 15) is 0 Å². The molecule has 2 aromatic rings. The second-order valence-corrected chi connectivity index (χ2v) is 3.86. The summed E-state index contributed by atoms with van der Waals surface area (Å²) in [5.74, 6) is 0. The van der Waals surface area contributed by atoms with Gasteiger partial charge in [-0.15, -0.1) is 0 Å². The van der Waals surface area contributed by atoms with Gasteiger partial charge in [0.1, 0.15) is 15.9 Å². The topological polar surface area (TPSA) is 51.8 Å². The number of halogens is 1. The normalized spacial score (nSPS) is 10.2. The van der Waals surface area contributed by atoms with E-state index in [4.69, 9.17) is 4.42 Å². The molecule has 0 bridgehead atoms. The Morgan fingerprint density at radius 3 is 2.77 bits per heavy atom. The van der Waals surface area contributed by atoms with Gasteiger partial charge in [0.15, 0.2) is 0 Å². The van der Waals surface area contributed by atoms with Crippen molar-refractivity contribution in [3.8, 4) is 0 Å². The van der Waals surface area contributed by atoms with Crippen molar-refractivity contribution in [2.24, 2.45) is 0 Å². The van der Waals surface area contributed by atoms with E-state index in [1.807, 2.05) is 0 Å². The van der Waals surface area contributed by atoms with Crippen molar-refractivity contribution in [3.63, 3.8) is 0 Å². The standard InChI is InChI=1S/C7H4BrN3OS/c8-5-3-11-6(4-10-5)13-7-9-1-2-12-7/h1-4H. The van der Waals surface area contributed by atoms with Crippen molar-refractivity contribution >= 4 is 27.7 Å². The van der Waals surface area contributed by atoms with Crippen molar-refractivity contribution in [3.05, 3.63) is 29.5 Å². The molecule has 0 amide bonds. The summed E-state index contributed by atoms with van der Waals surface area (Å²) in [7, 11) is 0. The fourth-order valence-corrected chi connectivity index (χ4v) is 1.52. The fourth-order valence-electron chi connectivity index (χ4n) is 0.703. The molecule has 0 aromatic carbocycles. The van der Waals surface area contributed by atoms with Crippen LogP contribution >= 0.6 is 27.7 Å². The molecule has 0 unspecified atom stereocenters. The van der Waals surface area contributed by atoms with E-state index in [-0.39, 0.29) is 0 Å². The second kappa shape index (κ2) is 3.89. The Balaban J connectivity index is 2.15. The average molecular weight is 258 g/mol. The maximum absolute atomic E-state index is 5.04. The number of hydrogen-bond acceptors (Lipinski definition) is 5.